The van der Waals surface area contributed by atoms with Crippen molar-refractivity contribution in [3.8, 4) is 22.6 Å². The van der Waals surface area contributed by atoms with Crippen LogP contribution in [0, 0.1) is 0 Å². The van der Waals surface area contributed by atoms with Gasteiger partial charge in [0.05, 0.1) is 11.4 Å². The van der Waals surface area contributed by atoms with Gasteiger partial charge in [-0.15, -0.1) is 0 Å². The number of hydrogen-bond donors (Lipinski definition) is 0. The second kappa shape index (κ2) is 12.4. The molecule has 266 valence electrons. The Morgan fingerprint density at radius 2 is 1.02 bits per heavy atom. The summed E-state index contributed by atoms with van der Waals surface area (Å²) in [7, 11) is 0. The van der Waals surface area contributed by atoms with Crippen LogP contribution < -0.4 is 4.90 Å². The molecule has 0 atom stereocenters. The molecular weight excluding hydrogens is 697 g/mol. The third-order valence-electron chi connectivity index (χ3n) is 11.5. The van der Waals surface area contributed by atoms with Crippen LogP contribution in [-0.4, -0.2) is 4.98 Å². The van der Waals surface area contributed by atoms with Crippen LogP contribution in [0.3, 0.4) is 0 Å². The normalized spacial score (nSPS) is 11.9. The number of rotatable bonds is 5. The Morgan fingerprint density at radius 1 is 0.368 bits per heavy atom. The van der Waals surface area contributed by atoms with E-state index in [4.69, 9.17) is 13.8 Å². The highest BCUT2D eigenvalue weighted by molar-refractivity contribution is 6.20. The molecule has 0 radical (unpaired) electrons. The van der Waals surface area contributed by atoms with Crippen molar-refractivity contribution in [2.75, 3.05) is 4.90 Å². The van der Waals surface area contributed by atoms with Crippen LogP contribution in [0.15, 0.2) is 203 Å². The zero-order chi connectivity index (χ0) is 37.5. The van der Waals surface area contributed by atoms with Crippen LogP contribution >= 0.6 is 0 Å². The summed E-state index contributed by atoms with van der Waals surface area (Å²) in [6.07, 6.45) is 0. The van der Waals surface area contributed by atoms with E-state index in [0.29, 0.717) is 5.89 Å². The first-order chi connectivity index (χ1) is 28.2. The van der Waals surface area contributed by atoms with Crippen LogP contribution in [0.2, 0.25) is 0 Å². The summed E-state index contributed by atoms with van der Waals surface area (Å²) in [5, 5.41) is 11.6. The molecule has 0 saturated heterocycles. The minimum Gasteiger partial charge on any atom is -0.456 e. The highest BCUT2D eigenvalue weighted by Gasteiger charge is 2.23. The molecule has 12 rings (SSSR count). The molecule has 0 spiro atoms. The van der Waals surface area contributed by atoms with Gasteiger partial charge in [0.1, 0.15) is 16.7 Å². The largest absolute Gasteiger partial charge is 0.456 e. The van der Waals surface area contributed by atoms with E-state index < -0.39 is 0 Å². The zero-order valence-corrected chi connectivity index (χ0v) is 30.7. The predicted octanol–water partition coefficient (Wildman–Crippen LogP) is 15.1. The van der Waals surface area contributed by atoms with Crippen molar-refractivity contribution in [1.29, 1.82) is 0 Å². The molecule has 0 aliphatic rings. The summed E-state index contributed by atoms with van der Waals surface area (Å²) >= 11 is 0. The second-order valence-corrected chi connectivity index (χ2v) is 14.7. The van der Waals surface area contributed by atoms with Crippen molar-refractivity contribution in [2.45, 2.75) is 0 Å². The van der Waals surface area contributed by atoms with Gasteiger partial charge in [0.15, 0.2) is 5.58 Å². The Kier molecular flexibility index (Phi) is 6.89. The van der Waals surface area contributed by atoms with Crippen molar-refractivity contribution in [2.24, 2.45) is 0 Å². The molecule has 4 nitrogen and oxygen atoms in total. The molecule has 0 aliphatic carbocycles. The molecule has 2 aromatic heterocycles. The molecule has 0 N–H and O–H groups in total. The fraction of sp³-hybridized carbons (Fsp3) is 0. The Hall–Kier alpha value is -7.69. The Bertz CT molecular complexity index is 3490. The lowest BCUT2D eigenvalue weighted by molar-refractivity contribution is 0.620. The van der Waals surface area contributed by atoms with E-state index in [-0.39, 0.29) is 0 Å². The van der Waals surface area contributed by atoms with Gasteiger partial charge in [-0.25, -0.2) is 4.98 Å². The summed E-state index contributed by atoms with van der Waals surface area (Å²) in [6.45, 7) is 0. The summed E-state index contributed by atoms with van der Waals surface area (Å²) in [6, 6.07) is 68.8. The third-order valence-corrected chi connectivity index (χ3v) is 11.5. The number of aromatic nitrogens is 1. The van der Waals surface area contributed by atoms with Crippen LogP contribution in [-0.2, 0) is 0 Å². The van der Waals surface area contributed by atoms with Gasteiger partial charge in [-0.05, 0) is 91.8 Å². The molecule has 0 aliphatic heterocycles. The molecule has 0 amide bonds. The molecule has 4 heteroatoms. The summed E-state index contributed by atoms with van der Waals surface area (Å²) in [5.74, 6) is 0.576. The number of hydrogen-bond acceptors (Lipinski definition) is 4. The highest BCUT2D eigenvalue weighted by Crippen LogP contribution is 2.47. The van der Waals surface area contributed by atoms with Gasteiger partial charge in [0.2, 0.25) is 5.89 Å². The smallest absolute Gasteiger partial charge is 0.228 e. The van der Waals surface area contributed by atoms with E-state index in [9.17, 15) is 0 Å². The quantitative estimate of drug-likeness (QED) is 0.166. The lowest BCUT2D eigenvalue weighted by atomic mass is 9.95. The Morgan fingerprint density at radius 3 is 1.93 bits per heavy atom. The van der Waals surface area contributed by atoms with E-state index in [0.717, 1.165) is 77.6 Å². The predicted molar refractivity (Wildman–Crippen MR) is 237 cm³/mol. The number of benzene rings is 10. The van der Waals surface area contributed by atoms with Crippen molar-refractivity contribution in [3.05, 3.63) is 194 Å². The number of para-hydroxylation sites is 1. The summed E-state index contributed by atoms with van der Waals surface area (Å²) in [4.78, 5) is 7.37. The van der Waals surface area contributed by atoms with E-state index in [1.807, 2.05) is 24.3 Å². The fourth-order valence-electron chi connectivity index (χ4n) is 8.83. The van der Waals surface area contributed by atoms with Gasteiger partial charge < -0.3 is 13.7 Å². The van der Waals surface area contributed by atoms with Crippen LogP contribution in [0.5, 0.6) is 0 Å². The van der Waals surface area contributed by atoms with Crippen molar-refractivity contribution >= 4 is 93.2 Å². The number of furan rings is 1. The average Bonchev–Trinajstić information content (AvgIpc) is 3.87. The molecule has 10 aromatic carbocycles. The molecule has 57 heavy (non-hydrogen) atoms. The second-order valence-electron chi connectivity index (χ2n) is 14.7. The van der Waals surface area contributed by atoms with Gasteiger partial charge in [-0.1, -0.05) is 140 Å². The highest BCUT2D eigenvalue weighted by atomic mass is 16.3. The van der Waals surface area contributed by atoms with E-state index in [1.165, 1.54) is 32.3 Å². The maximum atomic E-state index is 6.72. The molecule has 0 bridgehead atoms. The van der Waals surface area contributed by atoms with Gasteiger partial charge in [0.25, 0.3) is 0 Å². The lowest BCUT2D eigenvalue weighted by Crippen LogP contribution is -2.11. The van der Waals surface area contributed by atoms with Crippen molar-refractivity contribution < 1.29 is 8.83 Å². The third kappa shape index (κ3) is 4.98. The number of fused-ring (bicyclic) bond motifs is 10. The van der Waals surface area contributed by atoms with Gasteiger partial charge in [0, 0.05) is 39.0 Å². The van der Waals surface area contributed by atoms with Gasteiger partial charge in [-0.3, -0.25) is 0 Å². The minimum absolute atomic E-state index is 0.576. The molecule has 2 heterocycles. The molecule has 0 fully saturated rings. The Balaban J connectivity index is 1.08. The van der Waals surface area contributed by atoms with Gasteiger partial charge in [-0.2, -0.15) is 0 Å². The first-order valence-corrected chi connectivity index (χ1v) is 19.3. The number of nitrogens with zero attached hydrogens (tertiary/aromatic N) is 2. The van der Waals surface area contributed by atoms with Gasteiger partial charge >= 0.3 is 0 Å². The van der Waals surface area contributed by atoms with Crippen LogP contribution in [0.4, 0.5) is 17.1 Å². The molecule has 0 saturated carbocycles. The minimum atomic E-state index is 0.576. The monoisotopic (exact) mass is 728 g/mol. The SMILES string of the molecule is c1ccc(-c2ccccc2N(c2ccc3c(c2)oc2cccc(-c4nc5cc6ccccc6cc5o4)c23)c2cccc3c2ccc2c4ccccc4ccc32)cc1. The fourth-order valence-corrected chi connectivity index (χ4v) is 8.83. The summed E-state index contributed by atoms with van der Waals surface area (Å²) < 4.78 is 13.2. The van der Waals surface area contributed by atoms with E-state index >= 15 is 0 Å². The standard InChI is InChI=1S/C53H32N2O2/c1-2-12-33(13-3-1)39-18-8-9-21-47(39)55(48-22-10-19-40-42-26-24-34-14-6-7-17-38(34)41(42)28-29-43(40)48)37-25-27-44-50(32-37)56-49-23-11-20-45(52(44)49)53-54-46-30-35-15-4-5-16-36(35)31-51(46)57-53/h1-32H. The van der Waals surface area contributed by atoms with Crippen LogP contribution in [0.25, 0.3) is 98.7 Å². The zero-order valence-electron chi connectivity index (χ0n) is 30.7. The number of anilines is 3. The lowest BCUT2D eigenvalue weighted by Gasteiger charge is -2.29. The van der Waals surface area contributed by atoms with E-state index in [2.05, 4.69) is 175 Å². The Labute approximate surface area is 327 Å². The van der Waals surface area contributed by atoms with Crippen LogP contribution in [0.1, 0.15) is 0 Å². The maximum absolute atomic E-state index is 6.72. The first kappa shape index (κ1) is 31.6. The molecule has 0 unspecified atom stereocenters. The van der Waals surface area contributed by atoms with E-state index in [1.54, 1.807) is 0 Å². The van der Waals surface area contributed by atoms with Crippen molar-refractivity contribution in [1.82, 2.24) is 4.98 Å². The number of oxazole rings is 1. The first-order valence-electron chi connectivity index (χ1n) is 19.3. The topological polar surface area (TPSA) is 42.4 Å². The summed E-state index contributed by atoms with van der Waals surface area (Å²) in [5.41, 5.74) is 9.51. The maximum Gasteiger partial charge on any atom is 0.228 e. The molecule has 12 aromatic rings. The van der Waals surface area contributed by atoms with Crippen molar-refractivity contribution in [3.63, 3.8) is 0 Å². The molecular formula is C53H32N2O2. The average molecular weight is 729 g/mol.